The summed E-state index contributed by atoms with van der Waals surface area (Å²) in [5, 5.41) is 6.23. The Kier molecular flexibility index (Phi) is 13.0. The molecule has 2 aliphatic heterocycles. The average molecular weight is 638 g/mol. The lowest BCUT2D eigenvalue weighted by atomic mass is 9.84. The molecule has 2 saturated heterocycles. The van der Waals surface area contributed by atoms with E-state index >= 15 is 0 Å². The molecule has 4 amide bonds. The molecule has 9 nitrogen and oxygen atoms in total. The molecule has 0 saturated carbocycles. The Morgan fingerprint density at radius 3 is 2.07 bits per heavy atom. The van der Waals surface area contributed by atoms with Crippen LogP contribution >= 0.6 is 0 Å². The first-order chi connectivity index (χ1) is 21.5. The molecule has 0 bridgehead atoms. The third-order valence-electron chi connectivity index (χ3n) is 9.62. The molecule has 0 aromatic heterocycles. The number of likely N-dealkylation sites (tertiary alicyclic amines) is 2. The second-order valence-corrected chi connectivity index (χ2v) is 15.0. The van der Waals surface area contributed by atoms with Crippen LogP contribution in [0.5, 0.6) is 0 Å². The topological polar surface area (TPSA) is 102 Å². The highest BCUT2D eigenvalue weighted by atomic mass is 16.2. The normalized spacial score (nSPS) is 21.6. The molecule has 2 aliphatic rings. The van der Waals surface area contributed by atoms with E-state index in [4.69, 9.17) is 0 Å². The molecule has 5 atom stereocenters. The number of piperidine rings is 1. The number of nitrogens with zero attached hydrogens (tertiary/aromatic N) is 3. The second kappa shape index (κ2) is 16.1. The summed E-state index contributed by atoms with van der Waals surface area (Å²) in [6.45, 7) is 19.3. The highest BCUT2D eigenvalue weighted by Gasteiger charge is 2.40. The van der Waals surface area contributed by atoms with Crippen LogP contribution in [0.25, 0.3) is 0 Å². The molecule has 0 aliphatic carbocycles. The number of hydrogen-bond donors (Lipinski definition) is 2. The summed E-state index contributed by atoms with van der Waals surface area (Å²) >= 11 is 0. The number of likely N-dealkylation sites (N-methyl/N-ethyl adjacent to an activating group) is 1. The summed E-state index contributed by atoms with van der Waals surface area (Å²) < 4.78 is 0. The number of rotatable bonds is 11. The Morgan fingerprint density at radius 1 is 0.870 bits per heavy atom. The lowest BCUT2D eigenvalue weighted by Crippen LogP contribution is -2.60. The number of amides is 4. The third-order valence-corrected chi connectivity index (χ3v) is 9.62. The predicted molar refractivity (Wildman–Crippen MR) is 184 cm³/mol. The SMILES string of the molecule is C/C(=C\[C@H](C(C)C)N(C)C(=O)C(NC(=O)[C@H]1CCCCN1C(C)C)C(C)(C)C)C(=O)N1CCC[C@H]1C(=O)N[C@H](C)c1ccccc1. The van der Waals surface area contributed by atoms with Crippen LogP contribution in [0.4, 0.5) is 0 Å². The van der Waals surface area contributed by atoms with Crippen LogP contribution in [0.2, 0.25) is 0 Å². The van der Waals surface area contributed by atoms with Gasteiger partial charge in [-0.2, -0.15) is 0 Å². The molecule has 0 radical (unpaired) electrons. The van der Waals surface area contributed by atoms with Gasteiger partial charge in [-0.3, -0.25) is 24.1 Å². The zero-order chi connectivity index (χ0) is 34.3. The molecule has 1 aromatic rings. The van der Waals surface area contributed by atoms with Crippen molar-refractivity contribution in [2.75, 3.05) is 20.1 Å². The standard InChI is InChI=1S/C37H59N5O4/c1-24(2)31(40(10)36(46)32(37(7,8)9)39-34(44)29-19-14-15-21-41(29)25(3)4)23-26(5)35(45)42-22-16-20-30(42)33(43)38-27(6)28-17-12-11-13-18-28/h11-13,17-18,23-25,27,29-32H,14-16,19-22H2,1-10H3,(H,38,43)(H,39,44)/b26-23+/t27-,29-,30+,31-,32?/m1/s1. The minimum atomic E-state index is -0.732. The van der Waals surface area contributed by atoms with Gasteiger partial charge >= 0.3 is 0 Å². The van der Waals surface area contributed by atoms with Crippen molar-refractivity contribution in [3.63, 3.8) is 0 Å². The lowest BCUT2D eigenvalue weighted by Gasteiger charge is -2.41. The minimum absolute atomic E-state index is 0.00666. The van der Waals surface area contributed by atoms with Crippen LogP contribution in [-0.4, -0.2) is 88.7 Å². The number of carbonyl (C=O) groups is 4. The van der Waals surface area contributed by atoms with E-state index in [1.807, 2.05) is 78.0 Å². The minimum Gasteiger partial charge on any atom is -0.348 e. The number of carbonyl (C=O) groups excluding carboxylic acids is 4. The van der Waals surface area contributed by atoms with Gasteiger partial charge in [0, 0.05) is 25.2 Å². The molecule has 9 heteroatoms. The van der Waals surface area contributed by atoms with Crippen LogP contribution in [0.3, 0.4) is 0 Å². The Morgan fingerprint density at radius 2 is 1.48 bits per heavy atom. The van der Waals surface area contributed by atoms with Gasteiger partial charge < -0.3 is 20.4 Å². The largest absolute Gasteiger partial charge is 0.348 e. The van der Waals surface area contributed by atoms with E-state index in [0.29, 0.717) is 18.5 Å². The maximum Gasteiger partial charge on any atom is 0.249 e. The van der Waals surface area contributed by atoms with Crippen molar-refractivity contribution >= 4 is 23.6 Å². The van der Waals surface area contributed by atoms with E-state index in [2.05, 4.69) is 29.4 Å². The molecule has 0 spiro atoms. The zero-order valence-electron chi connectivity index (χ0n) is 29.9. The highest BCUT2D eigenvalue weighted by Crippen LogP contribution is 2.27. The smallest absolute Gasteiger partial charge is 0.249 e. The van der Waals surface area contributed by atoms with Crippen molar-refractivity contribution in [1.82, 2.24) is 25.3 Å². The average Bonchev–Trinajstić information content (AvgIpc) is 3.51. The van der Waals surface area contributed by atoms with Crippen molar-refractivity contribution in [2.45, 2.75) is 131 Å². The molecule has 1 unspecified atom stereocenters. The summed E-state index contributed by atoms with van der Waals surface area (Å²) in [6.07, 6.45) is 6.07. The number of nitrogens with one attached hydrogen (secondary N) is 2. The molecule has 2 heterocycles. The van der Waals surface area contributed by atoms with Crippen molar-refractivity contribution in [3.8, 4) is 0 Å². The van der Waals surface area contributed by atoms with E-state index in [9.17, 15) is 19.2 Å². The summed E-state index contributed by atoms with van der Waals surface area (Å²) in [5.74, 6) is -0.620. The van der Waals surface area contributed by atoms with Gasteiger partial charge in [0.05, 0.1) is 18.1 Å². The van der Waals surface area contributed by atoms with E-state index < -0.39 is 17.5 Å². The van der Waals surface area contributed by atoms with E-state index in [1.165, 1.54) is 0 Å². The van der Waals surface area contributed by atoms with E-state index in [0.717, 1.165) is 37.8 Å². The summed E-state index contributed by atoms with van der Waals surface area (Å²) in [6, 6.07) is 7.95. The molecule has 2 fully saturated rings. The van der Waals surface area contributed by atoms with Crippen LogP contribution in [-0.2, 0) is 19.2 Å². The maximum atomic E-state index is 14.2. The van der Waals surface area contributed by atoms with Gasteiger partial charge in [-0.25, -0.2) is 0 Å². The monoisotopic (exact) mass is 637 g/mol. The van der Waals surface area contributed by atoms with Crippen molar-refractivity contribution in [3.05, 3.63) is 47.5 Å². The molecule has 3 rings (SSSR count). The fraction of sp³-hybridized carbons (Fsp3) is 0.676. The van der Waals surface area contributed by atoms with Crippen molar-refractivity contribution < 1.29 is 19.2 Å². The van der Waals surface area contributed by atoms with Crippen LogP contribution in [0.1, 0.15) is 106 Å². The van der Waals surface area contributed by atoms with Crippen LogP contribution in [0, 0.1) is 11.3 Å². The Balaban J connectivity index is 1.76. The molecular weight excluding hydrogens is 578 g/mol. The van der Waals surface area contributed by atoms with Gasteiger partial charge in [0.25, 0.3) is 0 Å². The summed E-state index contributed by atoms with van der Waals surface area (Å²) in [4.78, 5) is 60.4. The second-order valence-electron chi connectivity index (χ2n) is 15.0. The first-order valence-corrected chi connectivity index (χ1v) is 17.2. The van der Waals surface area contributed by atoms with Crippen molar-refractivity contribution in [1.29, 1.82) is 0 Å². The number of hydrogen-bond acceptors (Lipinski definition) is 5. The van der Waals surface area contributed by atoms with Gasteiger partial charge in [0.2, 0.25) is 23.6 Å². The Labute approximate surface area is 277 Å². The van der Waals surface area contributed by atoms with Crippen LogP contribution < -0.4 is 10.6 Å². The molecule has 1 aromatic carbocycles. The first-order valence-electron chi connectivity index (χ1n) is 17.2. The maximum absolute atomic E-state index is 14.2. The van der Waals surface area contributed by atoms with Gasteiger partial charge in [-0.05, 0) is 76.8 Å². The highest BCUT2D eigenvalue weighted by molar-refractivity contribution is 5.97. The van der Waals surface area contributed by atoms with Gasteiger partial charge in [0.1, 0.15) is 12.1 Å². The van der Waals surface area contributed by atoms with Crippen LogP contribution in [0.15, 0.2) is 42.0 Å². The lowest BCUT2D eigenvalue weighted by molar-refractivity contribution is -0.142. The zero-order valence-corrected chi connectivity index (χ0v) is 29.9. The fourth-order valence-corrected chi connectivity index (χ4v) is 6.81. The van der Waals surface area contributed by atoms with Gasteiger partial charge in [0.15, 0.2) is 0 Å². The fourth-order valence-electron chi connectivity index (χ4n) is 6.81. The van der Waals surface area contributed by atoms with E-state index in [-0.39, 0.29) is 53.7 Å². The molecule has 256 valence electrons. The summed E-state index contributed by atoms with van der Waals surface area (Å²) in [7, 11) is 1.75. The number of benzene rings is 1. The molecule has 2 N–H and O–H groups in total. The van der Waals surface area contributed by atoms with Gasteiger partial charge in [-0.1, -0.05) is 77.4 Å². The quantitative estimate of drug-likeness (QED) is 0.330. The van der Waals surface area contributed by atoms with Gasteiger partial charge in [-0.15, -0.1) is 0 Å². The Hall–Kier alpha value is -3.20. The van der Waals surface area contributed by atoms with E-state index in [1.54, 1.807) is 23.8 Å². The van der Waals surface area contributed by atoms with Crippen molar-refractivity contribution in [2.24, 2.45) is 11.3 Å². The summed E-state index contributed by atoms with van der Waals surface area (Å²) in [5.41, 5.74) is 0.984. The third kappa shape index (κ3) is 9.20. The Bertz CT molecular complexity index is 1240. The first kappa shape index (κ1) is 37.3. The predicted octanol–water partition coefficient (Wildman–Crippen LogP) is 5.08. The molecule has 46 heavy (non-hydrogen) atoms. The molecular formula is C37H59N5O4.